The SMILES string of the molecule is CCc1cc(NS(=O)(=O)c2ccc(Cl)s2)nc(C)n1. The Morgan fingerprint density at radius 1 is 1.37 bits per heavy atom. The molecule has 0 aliphatic heterocycles. The summed E-state index contributed by atoms with van der Waals surface area (Å²) in [6.45, 7) is 3.66. The number of halogens is 1. The first-order valence-corrected chi connectivity index (χ1v) is 8.21. The van der Waals surface area contributed by atoms with Crippen molar-refractivity contribution in [1.82, 2.24) is 9.97 Å². The van der Waals surface area contributed by atoms with E-state index in [1.807, 2.05) is 6.92 Å². The lowest BCUT2D eigenvalue weighted by Gasteiger charge is -2.07. The van der Waals surface area contributed by atoms with Crippen molar-refractivity contribution in [3.05, 3.63) is 34.1 Å². The zero-order valence-corrected chi connectivity index (χ0v) is 12.7. The van der Waals surface area contributed by atoms with Gasteiger partial charge in [-0.3, -0.25) is 4.72 Å². The van der Waals surface area contributed by atoms with Gasteiger partial charge in [-0.1, -0.05) is 18.5 Å². The van der Waals surface area contributed by atoms with Crippen LogP contribution in [-0.4, -0.2) is 18.4 Å². The number of anilines is 1. The predicted octanol–water partition coefficient (Wildman–Crippen LogP) is 2.86. The van der Waals surface area contributed by atoms with E-state index in [9.17, 15) is 8.42 Å². The molecule has 0 radical (unpaired) electrons. The summed E-state index contributed by atoms with van der Waals surface area (Å²) in [5.74, 6) is 0.801. The van der Waals surface area contributed by atoms with Crippen LogP contribution in [0.15, 0.2) is 22.4 Å². The van der Waals surface area contributed by atoms with Crippen LogP contribution in [0.5, 0.6) is 0 Å². The van der Waals surface area contributed by atoms with E-state index in [0.717, 1.165) is 17.0 Å². The molecule has 0 aliphatic rings. The topological polar surface area (TPSA) is 72.0 Å². The van der Waals surface area contributed by atoms with Gasteiger partial charge in [0.05, 0.1) is 4.34 Å². The van der Waals surface area contributed by atoms with Gasteiger partial charge in [0.2, 0.25) is 0 Å². The monoisotopic (exact) mass is 317 g/mol. The lowest BCUT2D eigenvalue weighted by molar-refractivity contribution is 0.603. The normalized spacial score (nSPS) is 11.5. The van der Waals surface area contributed by atoms with Crippen molar-refractivity contribution in [2.75, 3.05) is 4.72 Å². The van der Waals surface area contributed by atoms with Crippen molar-refractivity contribution in [3.8, 4) is 0 Å². The fraction of sp³-hybridized carbons (Fsp3) is 0.273. The van der Waals surface area contributed by atoms with Gasteiger partial charge in [-0.15, -0.1) is 11.3 Å². The zero-order valence-electron chi connectivity index (χ0n) is 10.3. The van der Waals surface area contributed by atoms with Crippen molar-refractivity contribution in [2.45, 2.75) is 24.5 Å². The van der Waals surface area contributed by atoms with Crippen LogP contribution in [0.2, 0.25) is 4.34 Å². The Hall–Kier alpha value is -1.18. The number of aromatic nitrogens is 2. The Kier molecular flexibility index (Phi) is 4.07. The summed E-state index contributed by atoms with van der Waals surface area (Å²) < 4.78 is 27.2. The van der Waals surface area contributed by atoms with Crippen LogP contribution < -0.4 is 4.72 Å². The first-order valence-electron chi connectivity index (χ1n) is 5.53. The molecule has 2 rings (SSSR count). The summed E-state index contributed by atoms with van der Waals surface area (Å²) in [6.07, 6.45) is 0.711. The average Bonchev–Trinajstić information content (AvgIpc) is 2.75. The second-order valence-electron chi connectivity index (χ2n) is 3.81. The lowest BCUT2D eigenvalue weighted by atomic mass is 10.3. The standard InChI is InChI=1S/C11H12ClN3O2S2/c1-3-8-6-10(14-7(2)13-8)15-19(16,17)11-5-4-9(12)18-11/h4-6H,3H2,1-2H3,(H,13,14,15). The van der Waals surface area contributed by atoms with Crippen LogP contribution in [0.25, 0.3) is 0 Å². The molecule has 0 saturated heterocycles. The highest BCUT2D eigenvalue weighted by atomic mass is 35.5. The van der Waals surface area contributed by atoms with Crippen LogP contribution in [-0.2, 0) is 16.4 Å². The summed E-state index contributed by atoms with van der Waals surface area (Å²) in [6, 6.07) is 4.63. The molecule has 0 saturated carbocycles. The minimum absolute atomic E-state index is 0.159. The van der Waals surface area contributed by atoms with Gasteiger partial charge in [-0.2, -0.15) is 0 Å². The van der Waals surface area contributed by atoms with Gasteiger partial charge in [0, 0.05) is 11.8 Å². The molecule has 0 aliphatic carbocycles. The molecule has 1 N–H and O–H groups in total. The molecule has 0 spiro atoms. The molecular formula is C11H12ClN3O2S2. The fourth-order valence-electron chi connectivity index (χ4n) is 1.49. The summed E-state index contributed by atoms with van der Waals surface area (Å²) in [4.78, 5) is 8.26. The maximum atomic E-state index is 12.1. The Labute approximate surface area is 120 Å². The Morgan fingerprint density at radius 2 is 2.11 bits per heavy atom. The summed E-state index contributed by atoms with van der Waals surface area (Å²) >= 11 is 6.74. The van der Waals surface area contributed by atoms with Gasteiger partial charge >= 0.3 is 0 Å². The van der Waals surface area contributed by atoms with Crippen LogP contribution >= 0.6 is 22.9 Å². The van der Waals surface area contributed by atoms with Crippen molar-refractivity contribution in [1.29, 1.82) is 0 Å². The molecular weight excluding hydrogens is 306 g/mol. The first-order chi connectivity index (χ1) is 8.90. The zero-order chi connectivity index (χ0) is 14.0. The molecule has 2 heterocycles. The van der Waals surface area contributed by atoms with Crippen molar-refractivity contribution < 1.29 is 8.42 Å². The van der Waals surface area contributed by atoms with Gasteiger partial charge in [0.25, 0.3) is 10.0 Å². The van der Waals surface area contributed by atoms with Gasteiger partial charge in [-0.05, 0) is 25.5 Å². The van der Waals surface area contributed by atoms with Crippen LogP contribution in [0.1, 0.15) is 18.4 Å². The molecule has 102 valence electrons. The van der Waals surface area contributed by atoms with Crippen molar-refractivity contribution in [3.63, 3.8) is 0 Å². The number of hydrogen-bond donors (Lipinski definition) is 1. The largest absolute Gasteiger partial charge is 0.272 e. The molecule has 2 aromatic heterocycles. The second kappa shape index (κ2) is 5.44. The number of nitrogens with zero attached hydrogens (tertiary/aromatic N) is 2. The highest BCUT2D eigenvalue weighted by Crippen LogP contribution is 2.26. The Balaban J connectivity index is 2.32. The highest BCUT2D eigenvalue weighted by molar-refractivity contribution is 7.94. The lowest BCUT2D eigenvalue weighted by Crippen LogP contribution is -2.13. The van der Waals surface area contributed by atoms with Gasteiger partial charge in [0.15, 0.2) is 0 Å². The van der Waals surface area contributed by atoms with Crippen LogP contribution in [0.4, 0.5) is 5.82 Å². The summed E-state index contributed by atoms with van der Waals surface area (Å²) in [7, 11) is -3.64. The smallest absolute Gasteiger partial charge is 0.263 e. The number of nitrogens with one attached hydrogen (secondary N) is 1. The molecule has 8 heteroatoms. The summed E-state index contributed by atoms with van der Waals surface area (Å²) in [5.41, 5.74) is 0.786. The number of rotatable bonds is 4. The molecule has 0 aromatic carbocycles. The minimum atomic E-state index is -3.64. The van der Waals surface area contributed by atoms with E-state index in [1.54, 1.807) is 19.1 Å². The maximum absolute atomic E-state index is 12.1. The van der Waals surface area contributed by atoms with Gasteiger partial charge < -0.3 is 0 Å². The predicted molar refractivity (Wildman–Crippen MR) is 76.3 cm³/mol. The molecule has 0 fully saturated rings. The summed E-state index contributed by atoms with van der Waals surface area (Å²) in [5, 5.41) is 0. The Morgan fingerprint density at radius 3 is 2.68 bits per heavy atom. The number of sulfonamides is 1. The van der Waals surface area contributed by atoms with E-state index in [1.165, 1.54) is 6.07 Å². The van der Waals surface area contributed by atoms with Crippen molar-refractivity contribution in [2.24, 2.45) is 0 Å². The number of thiophene rings is 1. The third-order valence-electron chi connectivity index (χ3n) is 2.31. The quantitative estimate of drug-likeness (QED) is 0.941. The molecule has 0 bridgehead atoms. The molecule has 2 aromatic rings. The van der Waals surface area contributed by atoms with Crippen LogP contribution in [0, 0.1) is 6.92 Å². The van der Waals surface area contributed by atoms with Crippen LogP contribution in [0.3, 0.4) is 0 Å². The molecule has 0 atom stereocenters. The average molecular weight is 318 g/mol. The second-order valence-corrected chi connectivity index (χ2v) is 7.43. The highest BCUT2D eigenvalue weighted by Gasteiger charge is 2.17. The molecule has 19 heavy (non-hydrogen) atoms. The third-order valence-corrected chi connectivity index (χ3v) is 5.38. The molecule has 5 nitrogen and oxygen atoms in total. The van der Waals surface area contributed by atoms with E-state index in [-0.39, 0.29) is 10.0 Å². The number of hydrogen-bond acceptors (Lipinski definition) is 5. The molecule has 0 unspecified atom stereocenters. The third kappa shape index (κ3) is 3.43. The Bertz CT molecular complexity index is 698. The minimum Gasteiger partial charge on any atom is -0.263 e. The van der Waals surface area contributed by atoms with E-state index in [0.29, 0.717) is 16.6 Å². The maximum Gasteiger partial charge on any atom is 0.272 e. The number of aryl methyl sites for hydroxylation is 2. The van der Waals surface area contributed by atoms with E-state index in [2.05, 4.69) is 14.7 Å². The van der Waals surface area contributed by atoms with Crippen molar-refractivity contribution >= 4 is 38.8 Å². The van der Waals surface area contributed by atoms with E-state index < -0.39 is 10.0 Å². The van der Waals surface area contributed by atoms with E-state index in [4.69, 9.17) is 11.6 Å². The first kappa shape index (κ1) is 14.2. The fourth-order valence-corrected chi connectivity index (χ4v) is 3.97. The molecule has 0 amide bonds. The van der Waals surface area contributed by atoms with Gasteiger partial charge in [0.1, 0.15) is 15.9 Å². The van der Waals surface area contributed by atoms with E-state index >= 15 is 0 Å². The van der Waals surface area contributed by atoms with Gasteiger partial charge in [-0.25, -0.2) is 18.4 Å².